The van der Waals surface area contributed by atoms with Gasteiger partial charge in [-0.2, -0.15) is 0 Å². The Bertz CT molecular complexity index is 1100. The molecule has 33 heavy (non-hydrogen) atoms. The van der Waals surface area contributed by atoms with Crippen LogP contribution in [0.15, 0.2) is 48.5 Å². The summed E-state index contributed by atoms with van der Waals surface area (Å²) >= 11 is 0. The molecule has 0 amide bonds. The zero-order valence-corrected chi connectivity index (χ0v) is 21.5. The molecule has 2 aromatic carbocycles. The molecule has 0 atom stereocenters. The number of hydrazine groups is 1. The molecule has 0 saturated carbocycles. The minimum Gasteiger partial charge on any atom is -0.284 e. The van der Waals surface area contributed by atoms with E-state index in [1.807, 2.05) is 40.3 Å². The van der Waals surface area contributed by atoms with E-state index in [9.17, 15) is 16.8 Å². The van der Waals surface area contributed by atoms with Gasteiger partial charge < -0.3 is 0 Å². The average Bonchev–Trinajstić information content (AvgIpc) is 2.74. The van der Waals surface area contributed by atoms with E-state index in [-0.39, 0.29) is 13.1 Å². The van der Waals surface area contributed by atoms with E-state index in [2.05, 4.69) is 41.5 Å². The van der Waals surface area contributed by atoms with Gasteiger partial charge in [-0.1, -0.05) is 44.5 Å². The molecule has 2 N–H and O–H groups in total. The first-order chi connectivity index (χ1) is 15.5. The highest BCUT2D eigenvalue weighted by atomic mass is 32.2. The van der Waals surface area contributed by atoms with E-state index in [0.717, 1.165) is 48.7 Å². The van der Waals surface area contributed by atoms with Crippen LogP contribution in [0.25, 0.3) is 0 Å². The van der Waals surface area contributed by atoms with Crippen molar-refractivity contribution in [1.82, 2.24) is 9.44 Å². The van der Waals surface area contributed by atoms with Crippen molar-refractivity contribution in [2.45, 2.75) is 33.1 Å². The molecule has 0 aliphatic carbocycles. The second-order valence-electron chi connectivity index (χ2n) is 8.02. The van der Waals surface area contributed by atoms with Crippen LogP contribution in [-0.2, 0) is 32.9 Å². The van der Waals surface area contributed by atoms with Crippen molar-refractivity contribution in [1.29, 1.82) is 0 Å². The number of nitrogens with zero attached hydrogens (tertiary/aromatic N) is 2. The Balaban J connectivity index is 2.47. The van der Waals surface area contributed by atoms with E-state index in [1.54, 1.807) is 0 Å². The first-order valence-corrected chi connectivity index (χ1v) is 14.9. The van der Waals surface area contributed by atoms with Gasteiger partial charge in [0.1, 0.15) is 0 Å². The van der Waals surface area contributed by atoms with E-state index in [0.29, 0.717) is 13.1 Å². The van der Waals surface area contributed by atoms with Crippen LogP contribution in [0.1, 0.15) is 31.4 Å². The van der Waals surface area contributed by atoms with Crippen LogP contribution in [-0.4, -0.2) is 55.5 Å². The number of anilines is 2. The van der Waals surface area contributed by atoms with Gasteiger partial charge in [0.05, 0.1) is 37.0 Å². The largest absolute Gasteiger partial charge is 0.284 e. The lowest BCUT2D eigenvalue weighted by Crippen LogP contribution is -2.49. The highest BCUT2D eigenvalue weighted by molar-refractivity contribution is 7.89. The standard InChI is InChI=1S/C23H36N4O4S2/c1-5-9-21-11-8-13-23(19-21)27(17-15-25-33(4,30)31)26(16-14-24-32(3,28)29)22-12-7-10-20(6-2)18-22/h7-8,10-13,18-19,24-25H,5-6,9,14-17H2,1-4H3. The van der Waals surface area contributed by atoms with Gasteiger partial charge in [0, 0.05) is 13.1 Å². The van der Waals surface area contributed by atoms with Crippen molar-refractivity contribution in [3.8, 4) is 0 Å². The number of benzene rings is 2. The quantitative estimate of drug-likeness (QED) is 0.390. The van der Waals surface area contributed by atoms with E-state index in [4.69, 9.17) is 0 Å². The zero-order valence-electron chi connectivity index (χ0n) is 19.9. The number of rotatable bonds is 14. The van der Waals surface area contributed by atoms with Crippen LogP contribution in [0, 0.1) is 0 Å². The summed E-state index contributed by atoms with van der Waals surface area (Å²) in [6.07, 6.45) is 5.09. The maximum absolute atomic E-state index is 11.7. The lowest BCUT2D eigenvalue weighted by molar-refractivity contribution is 0.579. The first-order valence-electron chi connectivity index (χ1n) is 11.1. The van der Waals surface area contributed by atoms with Crippen LogP contribution >= 0.6 is 0 Å². The molecule has 8 nitrogen and oxygen atoms in total. The maximum atomic E-state index is 11.7. The molecule has 0 aromatic heterocycles. The lowest BCUT2D eigenvalue weighted by Gasteiger charge is -2.39. The number of nitrogens with one attached hydrogen (secondary N) is 2. The summed E-state index contributed by atoms with van der Waals surface area (Å²) in [6, 6.07) is 16.2. The van der Waals surface area contributed by atoms with Gasteiger partial charge in [-0.25, -0.2) is 26.3 Å². The molecule has 0 aliphatic rings. The Hall–Kier alpha value is -2.14. The van der Waals surface area contributed by atoms with Crippen LogP contribution in [0.4, 0.5) is 11.4 Å². The molecule has 10 heteroatoms. The molecule has 0 fully saturated rings. The second-order valence-corrected chi connectivity index (χ2v) is 11.7. The van der Waals surface area contributed by atoms with E-state index >= 15 is 0 Å². The van der Waals surface area contributed by atoms with Gasteiger partial charge >= 0.3 is 0 Å². The normalized spacial score (nSPS) is 12.0. The van der Waals surface area contributed by atoms with Gasteiger partial charge in [-0.15, -0.1) is 0 Å². The maximum Gasteiger partial charge on any atom is 0.208 e. The summed E-state index contributed by atoms with van der Waals surface area (Å²) in [5.41, 5.74) is 4.16. The van der Waals surface area contributed by atoms with Crippen molar-refractivity contribution in [3.05, 3.63) is 59.7 Å². The number of hydrogen-bond acceptors (Lipinski definition) is 6. The fourth-order valence-electron chi connectivity index (χ4n) is 3.55. The predicted molar refractivity (Wildman–Crippen MR) is 137 cm³/mol. The molecule has 2 aromatic rings. The third-order valence-electron chi connectivity index (χ3n) is 5.03. The van der Waals surface area contributed by atoms with Crippen LogP contribution in [0.3, 0.4) is 0 Å². The Labute approximate surface area is 199 Å². The van der Waals surface area contributed by atoms with Crippen molar-refractivity contribution >= 4 is 31.4 Å². The summed E-state index contributed by atoms with van der Waals surface area (Å²) in [7, 11) is -6.69. The number of hydrogen-bond donors (Lipinski definition) is 2. The monoisotopic (exact) mass is 496 g/mol. The van der Waals surface area contributed by atoms with Crippen molar-refractivity contribution < 1.29 is 16.8 Å². The minimum atomic E-state index is -3.34. The molecule has 2 rings (SSSR count). The fraction of sp³-hybridized carbons (Fsp3) is 0.478. The van der Waals surface area contributed by atoms with Crippen molar-refractivity contribution in [2.24, 2.45) is 0 Å². The van der Waals surface area contributed by atoms with Crippen LogP contribution in [0.2, 0.25) is 0 Å². The highest BCUT2D eigenvalue weighted by Gasteiger charge is 2.19. The summed E-state index contributed by atoms with van der Waals surface area (Å²) in [5.74, 6) is 0. The Morgan fingerprint density at radius 2 is 1.18 bits per heavy atom. The zero-order chi connectivity index (χ0) is 24.5. The molecule has 0 bridgehead atoms. The molecule has 0 unspecified atom stereocenters. The lowest BCUT2D eigenvalue weighted by atomic mass is 10.1. The highest BCUT2D eigenvalue weighted by Crippen LogP contribution is 2.25. The number of aryl methyl sites for hydroxylation is 2. The van der Waals surface area contributed by atoms with E-state index in [1.165, 1.54) is 5.56 Å². The summed E-state index contributed by atoms with van der Waals surface area (Å²) in [6.45, 7) is 5.37. The van der Waals surface area contributed by atoms with Crippen molar-refractivity contribution in [3.63, 3.8) is 0 Å². The predicted octanol–water partition coefficient (Wildman–Crippen LogP) is 2.53. The molecular weight excluding hydrogens is 460 g/mol. The molecule has 0 heterocycles. The topological polar surface area (TPSA) is 98.8 Å². The van der Waals surface area contributed by atoms with E-state index < -0.39 is 20.0 Å². The smallest absolute Gasteiger partial charge is 0.208 e. The van der Waals surface area contributed by atoms with Gasteiger partial charge in [0.15, 0.2) is 0 Å². The average molecular weight is 497 g/mol. The van der Waals surface area contributed by atoms with Gasteiger partial charge in [0.2, 0.25) is 20.0 Å². The Morgan fingerprint density at radius 3 is 1.61 bits per heavy atom. The first kappa shape index (κ1) is 27.1. The summed E-state index contributed by atoms with van der Waals surface area (Å²) < 4.78 is 51.8. The second kappa shape index (κ2) is 12.4. The molecule has 0 aliphatic heterocycles. The minimum absolute atomic E-state index is 0.208. The molecule has 184 valence electrons. The van der Waals surface area contributed by atoms with Gasteiger partial charge in [-0.05, 0) is 48.2 Å². The Kier molecular flexibility index (Phi) is 10.2. The third kappa shape index (κ3) is 9.71. The van der Waals surface area contributed by atoms with Gasteiger partial charge in [-0.3, -0.25) is 10.0 Å². The molecule has 0 spiro atoms. The summed E-state index contributed by atoms with van der Waals surface area (Å²) in [5, 5.41) is 4.02. The summed E-state index contributed by atoms with van der Waals surface area (Å²) in [4.78, 5) is 0. The molecular formula is C23H36N4O4S2. The molecule has 0 radical (unpaired) electrons. The third-order valence-corrected chi connectivity index (χ3v) is 6.49. The fourth-order valence-corrected chi connectivity index (χ4v) is 4.47. The van der Waals surface area contributed by atoms with Crippen molar-refractivity contribution in [2.75, 3.05) is 48.7 Å². The Morgan fingerprint density at radius 1 is 0.727 bits per heavy atom. The van der Waals surface area contributed by atoms with Gasteiger partial charge in [0.25, 0.3) is 0 Å². The number of sulfonamides is 2. The van der Waals surface area contributed by atoms with Crippen LogP contribution < -0.4 is 19.5 Å². The molecule has 0 saturated heterocycles. The van der Waals surface area contributed by atoms with Crippen LogP contribution in [0.5, 0.6) is 0 Å². The SMILES string of the molecule is CCCc1cccc(N(CCNS(C)(=O)=O)N(CCNS(C)(=O)=O)c2cccc(CC)c2)c1.